The van der Waals surface area contributed by atoms with Gasteiger partial charge in [-0.3, -0.25) is 4.40 Å². The maximum atomic E-state index is 11.8. The zero-order valence-electron chi connectivity index (χ0n) is 11.7. The van der Waals surface area contributed by atoms with Crippen LogP contribution in [0.3, 0.4) is 0 Å². The molecule has 3 rings (SSSR count). The third-order valence-corrected chi connectivity index (χ3v) is 3.22. The predicted molar refractivity (Wildman–Crippen MR) is 75.9 cm³/mol. The number of aryl methyl sites for hydroxylation is 2. The lowest BCUT2D eigenvalue weighted by molar-refractivity contribution is 0.0520. The molecule has 0 aliphatic heterocycles. The Morgan fingerprint density at radius 2 is 2.10 bits per heavy atom. The number of hydrogen-bond acceptors (Lipinski definition) is 4. The number of ether oxygens (including phenoxy) is 1. The van der Waals surface area contributed by atoms with E-state index < -0.39 is 5.97 Å². The van der Waals surface area contributed by atoms with Gasteiger partial charge in [-0.15, -0.1) is 0 Å². The fourth-order valence-corrected chi connectivity index (χ4v) is 2.36. The van der Waals surface area contributed by atoms with Crippen molar-refractivity contribution in [2.24, 2.45) is 0 Å². The van der Waals surface area contributed by atoms with Crippen molar-refractivity contribution in [3.63, 3.8) is 0 Å². The highest BCUT2D eigenvalue weighted by molar-refractivity contribution is 5.89. The van der Waals surface area contributed by atoms with Crippen LogP contribution in [0.25, 0.3) is 16.7 Å². The molecule has 5 heteroatoms. The highest BCUT2D eigenvalue weighted by atomic mass is 16.5. The molecule has 3 aromatic heterocycles. The molecule has 0 bridgehead atoms. The van der Waals surface area contributed by atoms with Crippen LogP contribution in [-0.2, 0) is 4.74 Å². The number of nitrogens with zero attached hydrogens (tertiary/aromatic N) is 3. The van der Waals surface area contributed by atoms with Gasteiger partial charge in [0, 0.05) is 17.3 Å². The van der Waals surface area contributed by atoms with Gasteiger partial charge in [0.05, 0.1) is 6.61 Å². The summed E-state index contributed by atoms with van der Waals surface area (Å²) in [6.45, 7) is 6.11. The molecule has 0 unspecified atom stereocenters. The number of carbonyl (C=O) groups is 1. The highest BCUT2D eigenvalue weighted by Gasteiger charge is 2.14. The highest BCUT2D eigenvalue weighted by Crippen LogP contribution is 2.20. The van der Waals surface area contributed by atoms with E-state index in [1.807, 2.05) is 36.4 Å². The van der Waals surface area contributed by atoms with Gasteiger partial charge < -0.3 is 4.74 Å². The second kappa shape index (κ2) is 4.59. The van der Waals surface area contributed by atoms with Crippen LogP contribution in [0.4, 0.5) is 0 Å². The minimum absolute atomic E-state index is 0.306. The van der Waals surface area contributed by atoms with Gasteiger partial charge in [0.2, 0.25) is 0 Å². The van der Waals surface area contributed by atoms with Crippen molar-refractivity contribution in [3.8, 4) is 0 Å². The van der Waals surface area contributed by atoms with E-state index in [4.69, 9.17) is 4.74 Å². The van der Waals surface area contributed by atoms with Gasteiger partial charge in [0.1, 0.15) is 11.3 Å². The Labute approximate surface area is 116 Å². The molecule has 0 fully saturated rings. The number of carbonyl (C=O) groups excluding carboxylic acids is 1. The largest absolute Gasteiger partial charge is 0.461 e. The minimum atomic E-state index is -0.409. The van der Waals surface area contributed by atoms with Crippen molar-refractivity contribution in [1.82, 2.24) is 14.4 Å². The first-order chi connectivity index (χ1) is 9.60. The van der Waals surface area contributed by atoms with E-state index in [2.05, 4.69) is 9.97 Å². The first kappa shape index (κ1) is 12.6. The SMILES string of the molecule is CCOC(=O)c1cn2c(ccc3c(C)cc(C)nc32)n1. The molecule has 0 amide bonds. The lowest BCUT2D eigenvalue weighted by Crippen LogP contribution is -2.04. The van der Waals surface area contributed by atoms with Gasteiger partial charge in [0.25, 0.3) is 0 Å². The summed E-state index contributed by atoms with van der Waals surface area (Å²) in [6, 6.07) is 5.90. The maximum Gasteiger partial charge on any atom is 0.358 e. The first-order valence-electron chi connectivity index (χ1n) is 6.53. The molecule has 0 saturated carbocycles. The van der Waals surface area contributed by atoms with E-state index in [9.17, 15) is 4.79 Å². The average molecular weight is 269 g/mol. The molecule has 0 radical (unpaired) electrons. The Kier molecular flexibility index (Phi) is 2.89. The summed E-state index contributed by atoms with van der Waals surface area (Å²) in [5, 5.41) is 1.05. The summed E-state index contributed by atoms with van der Waals surface area (Å²) >= 11 is 0. The first-order valence-corrected chi connectivity index (χ1v) is 6.53. The number of hydrogen-bond donors (Lipinski definition) is 0. The van der Waals surface area contributed by atoms with E-state index in [1.165, 1.54) is 0 Å². The number of aromatic nitrogens is 3. The number of imidazole rings is 1. The normalized spacial score (nSPS) is 11.2. The van der Waals surface area contributed by atoms with Crippen LogP contribution in [0.2, 0.25) is 0 Å². The van der Waals surface area contributed by atoms with Gasteiger partial charge >= 0.3 is 5.97 Å². The van der Waals surface area contributed by atoms with Gasteiger partial charge in [-0.1, -0.05) is 0 Å². The Morgan fingerprint density at radius 3 is 2.85 bits per heavy atom. The third kappa shape index (κ3) is 1.91. The summed E-state index contributed by atoms with van der Waals surface area (Å²) in [5.41, 5.74) is 3.90. The van der Waals surface area contributed by atoms with Gasteiger partial charge in [-0.2, -0.15) is 0 Å². The van der Waals surface area contributed by atoms with Crippen molar-refractivity contribution < 1.29 is 9.53 Å². The summed E-state index contributed by atoms with van der Waals surface area (Å²) in [6.07, 6.45) is 1.68. The van der Waals surface area contributed by atoms with Crippen LogP contribution < -0.4 is 0 Å². The zero-order valence-corrected chi connectivity index (χ0v) is 11.7. The number of rotatable bonds is 2. The summed E-state index contributed by atoms with van der Waals surface area (Å²) in [4.78, 5) is 20.6. The van der Waals surface area contributed by atoms with Crippen LogP contribution in [-0.4, -0.2) is 26.9 Å². The molecule has 102 valence electrons. The molecule has 0 aromatic carbocycles. The van der Waals surface area contributed by atoms with Crippen molar-refractivity contribution in [1.29, 1.82) is 0 Å². The van der Waals surface area contributed by atoms with Gasteiger partial charge in [-0.25, -0.2) is 14.8 Å². The van der Waals surface area contributed by atoms with Crippen molar-refractivity contribution >= 4 is 22.6 Å². The summed E-state index contributed by atoms with van der Waals surface area (Å²) in [5.74, 6) is -0.409. The molecule has 0 aliphatic carbocycles. The molecule has 0 N–H and O–H groups in total. The zero-order chi connectivity index (χ0) is 14.3. The van der Waals surface area contributed by atoms with Crippen LogP contribution in [0.15, 0.2) is 24.4 Å². The average Bonchev–Trinajstić information content (AvgIpc) is 2.83. The van der Waals surface area contributed by atoms with Crippen molar-refractivity contribution in [2.75, 3.05) is 6.61 Å². The lowest BCUT2D eigenvalue weighted by Gasteiger charge is -2.05. The van der Waals surface area contributed by atoms with E-state index in [0.29, 0.717) is 17.9 Å². The molecule has 5 nitrogen and oxygen atoms in total. The molecule has 0 saturated heterocycles. The van der Waals surface area contributed by atoms with Crippen LogP contribution >= 0.6 is 0 Å². The van der Waals surface area contributed by atoms with E-state index in [0.717, 1.165) is 22.3 Å². The van der Waals surface area contributed by atoms with Gasteiger partial charge in [0.15, 0.2) is 5.69 Å². The maximum absolute atomic E-state index is 11.8. The standard InChI is InChI=1S/C15H15N3O2/c1-4-20-15(19)12-8-18-13(17-12)6-5-11-9(2)7-10(3)16-14(11)18/h5-8H,4H2,1-3H3. The molecule has 0 atom stereocenters. The quantitative estimate of drug-likeness (QED) is 0.671. The number of fused-ring (bicyclic) bond motifs is 3. The molecule has 0 spiro atoms. The molecule has 3 heterocycles. The number of esters is 1. The van der Waals surface area contributed by atoms with Crippen molar-refractivity contribution in [3.05, 3.63) is 41.3 Å². The molecular formula is C15H15N3O2. The van der Waals surface area contributed by atoms with E-state index in [-0.39, 0.29) is 0 Å². The Morgan fingerprint density at radius 1 is 1.30 bits per heavy atom. The summed E-state index contributed by atoms with van der Waals surface area (Å²) in [7, 11) is 0. The topological polar surface area (TPSA) is 56.5 Å². The summed E-state index contributed by atoms with van der Waals surface area (Å²) < 4.78 is 6.82. The van der Waals surface area contributed by atoms with Crippen LogP contribution in [0.5, 0.6) is 0 Å². The monoisotopic (exact) mass is 269 g/mol. The molecule has 3 aromatic rings. The van der Waals surface area contributed by atoms with Crippen molar-refractivity contribution in [2.45, 2.75) is 20.8 Å². The van der Waals surface area contributed by atoms with Crippen LogP contribution in [0, 0.1) is 13.8 Å². The lowest BCUT2D eigenvalue weighted by atomic mass is 10.1. The molecule has 0 aliphatic rings. The molecular weight excluding hydrogens is 254 g/mol. The Bertz CT molecular complexity index is 821. The van der Waals surface area contributed by atoms with Crippen LogP contribution in [0.1, 0.15) is 28.7 Å². The second-order valence-electron chi connectivity index (χ2n) is 4.73. The molecule has 20 heavy (non-hydrogen) atoms. The third-order valence-electron chi connectivity index (χ3n) is 3.22. The smallest absolute Gasteiger partial charge is 0.358 e. The Balaban J connectivity index is 2.28. The van der Waals surface area contributed by atoms with Gasteiger partial charge in [-0.05, 0) is 44.5 Å². The second-order valence-corrected chi connectivity index (χ2v) is 4.73. The van der Waals surface area contributed by atoms with E-state index in [1.54, 1.807) is 13.1 Å². The Hall–Kier alpha value is -2.43. The predicted octanol–water partition coefficient (Wildman–Crippen LogP) is 2.68. The van der Waals surface area contributed by atoms with E-state index >= 15 is 0 Å². The minimum Gasteiger partial charge on any atom is -0.461 e. The number of pyridine rings is 2. The fraction of sp³-hybridized carbons (Fsp3) is 0.267. The fourth-order valence-electron chi connectivity index (χ4n) is 2.36.